The molecule has 0 N–H and O–H groups in total. The SMILES string of the molecule is CCCCCCCCCc1ccc(C(=O)OC)c(F)c1F. The topological polar surface area (TPSA) is 26.3 Å². The number of carbonyl (C=O) groups excluding carboxylic acids is 1. The van der Waals surface area contributed by atoms with E-state index in [1.54, 1.807) is 0 Å². The third-order valence-electron chi connectivity index (χ3n) is 3.62. The van der Waals surface area contributed by atoms with Crippen LogP contribution in [0.15, 0.2) is 12.1 Å². The van der Waals surface area contributed by atoms with Crippen molar-refractivity contribution in [2.24, 2.45) is 0 Å². The van der Waals surface area contributed by atoms with Gasteiger partial charge in [-0.1, -0.05) is 51.5 Å². The number of rotatable bonds is 9. The van der Waals surface area contributed by atoms with Crippen molar-refractivity contribution in [2.75, 3.05) is 7.11 Å². The summed E-state index contributed by atoms with van der Waals surface area (Å²) in [7, 11) is 1.14. The molecule has 21 heavy (non-hydrogen) atoms. The van der Waals surface area contributed by atoms with Crippen molar-refractivity contribution in [3.05, 3.63) is 34.9 Å². The number of benzene rings is 1. The van der Waals surface area contributed by atoms with Crippen LogP contribution in [0, 0.1) is 11.6 Å². The van der Waals surface area contributed by atoms with E-state index in [0.717, 1.165) is 26.4 Å². The number of unbranched alkanes of at least 4 members (excludes halogenated alkanes) is 6. The fourth-order valence-corrected chi connectivity index (χ4v) is 2.32. The number of methoxy groups -OCH3 is 1. The van der Waals surface area contributed by atoms with Gasteiger partial charge in [-0.15, -0.1) is 0 Å². The van der Waals surface area contributed by atoms with E-state index in [-0.39, 0.29) is 5.56 Å². The van der Waals surface area contributed by atoms with Crippen molar-refractivity contribution < 1.29 is 18.3 Å². The van der Waals surface area contributed by atoms with Crippen LogP contribution < -0.4 is 0 Å². The normalized spacial score (nSPS) is 10.7. The highest BCUT2D eigenvalue weighted by Crippen LogP contribution is 2.19. The molecule has 0 saturated carbocycles. The quantitative estimate of drug-likeness (QED) is 0.471. The fourth-order valence-electron chi connectivity index (χ4n) is 2.32. The zero-order valence-corrected chi connectivity index (χ0v) is 12.9. The summed E-state index contributed by atoms with van der Waals surface area (Å²) < 4.78 is 32.0. The molecule has 1 rings (SSSR count). The minimum absolute atomic E-state index is 0.328. The van der Waals surface area contributed by atoms with E-state index in [1.165, 1.54) is 37.8 Å². The average molecular weight is 298 g/mol. The summed E-state index contributed by atoms with van der Waals surface area (Å²) in [5.41, 5.74) is -0.0213. The van der Waals surface area contributed by atoms with Gasteiger partial charge in [-0.05, 0) is 24.5 Å². The standard InChI is InChI=1S/C17H24F2O2/c1-3-4-5-6-7-8-9-10-13-11-12-14(17(20)21-2)16(19)15(13)18/h11-12H,3-10H2,1-2H3. The lowest BCUT2D eigenvalue weighted by molar-refractivity contribution is 0.0594. The minimum Gasteiger partial charge on any atom is -0.465 e. The number of hydrogen-bond acceptors (Lipinski definition) is 2. The van der Waals surface area contributed by atoms with E-state index in [4.69, 9.17) is 0 Å². The van der Waals surface area contributed by atoms with Gasteiger partial charge in [-0.3, -0.25) is 0 Å². The second-order valence-electron chi connectivity index (χ2n) is 5.26. The van der Waals surface area contributed by atoms with Crippen molar-refractivity contribution in [3.63, 3.8) is 0 Å². The zero-order valence-electron chi connectivity index (χ0n) is 12.9. The number of ether oxygens (including phenoxy) is 1. The maximum Gasteiger partial charge on any atom is 0.340 e. The van der Waals surface area contributed by atoms with Crippen molar-refractivity contribution in [1.29, 1.82) is 0 Å². The highest BCUT2D eigenvalue weighted by atomic mass is 19.2. The van der Waals surface area contributed by atoms with Crippen LogP contribution in [-0.4, -0.2) is 13.1 Å². The van der Waals surface area contributed by atoms with E-state index < -0.39 is 17.6 Å². The Bertz CT molecular complexity index is 458. The lowest BCUT2D eigenvalue weighted by Gasteiger charge is -2.07. The largest absolute Gasteiger partial charge is 0.465 e. The van der Waals surface area contributed by atoms with E-state index in [9.17, 15) is 13.6 Å². The van der Waals surface area contributed by atoms with E-state index >= 15 is 0 Å². The molecule has 1 aromatic rings. The van der Waals surface area contributed by atoms with Gasteiger partial charge in [-0.2, -0.15) is 0 Å². The monoisotopic (exact) mass is 298 g/mol. The molecule has 0 amide bonds. The first kappa shape index (κ1) is 17.6. The maximum absolute atomic E-state index is 13.9. The van der Waals surface area contributed by atoms with Crippen LogP contribution in [0.1, 0.15) is 67.8 Å². The van der Waals surface area contributed by atoms with Gasteiger partial charge in [-0.25, -0.2) is 13.6 Å². The average Bonchev–Trinajstić information content (AvgIpc) is 2.49. The Kier molecular flexibility index (Phi) is 7.95. The van der Waals surface area contributed by atoms with Crippen LogP contribution in [0.4, 0.5) is 8.78 Å². The third kappa shape index (κ3) is 5.44. The summed E-state index contributed by atoms with van der Waals surface area (Å²) in [4.78, 5) is 11.3. The molecule has 0 unspecified atom stereocenters. The van der Waals surface area contributed by atoms with E-state index in [1.807, 2.05) is 0 Å². The van der Waals surface area contributed by atoms with Gasteiger partial charge >= 0.3 is 5.97 Å². The number of aryl methyl sites for hydroxylation is 1. The Morgan fingerprint density at radius 2 is 1.62 bits per heavy atom. The Morgan fingerprint density at radius 3 is 2.24 bits per heavy atom. The highest BCUT2D eigenvalue weighted by molar-refractivity contribution is 5.89. The summed E-state index contributed by atoms with van der Waals surface area (Å²) in [6, 6.07) is 2.77. The molecule has 0 aliphatic heterocycles. The van der Waals surface area contributed by atoms with Gasteiger partial charge in [0.15, 0.2) is 11.6 Å². The van der Waals surface area contributed by atoms with Crippen molar-refractivity contribution in [1.82, 2.24) is 0 Å². The first-order chi connectivity index (χ1) is 10.1. The Balaban J connectivity index is 2.46. The van der Waals surface area contributed by atoms with Gasteiger partial charge in [0.25, 0.3) is 0 Å². The Labute approximate surface area is 125 Å². The molecule has 0 aliphatic rings. The maximum atomic E-state index is 13.9. The molecule has 0 atom stereocenters. The van der Waals surface area contributed by atoms with Crippen molar-refractivity contribution in [3.8, 4) is 0 Å². The second kappa shape index (κ2) is 9.48. The van der Waals surface area contributed by atoms with Crippen molar-refractivity contribution >= 4 is 5.97 Å². The Hall–Kier alpha value is -1.45. The summed E-state index contributed by atoms with van der Waals surface area (Å²) in [6.07, 6.45) is 8.40. The van der Waals surface area contributed by atoms with Gasteiger partial charge in [0.1, 0.15) is 0 Å². The van der Waals surface area contributed by atoms with Crippen LogP contribution >= 0.6 is 0 Å². The molecule has 0 saturated heterocycles. The Morgan fingerprint density at radius 1 is 1.00 bits per heavy atom. The number of hydrogen-bond donors (Lipinski definition) is 0. The fraction of sp³-hybridized carbons (Fsp3) is 0.588. The van der Waals surface area contributed by atoms with Crippen molar-refractivity contribution in [2.45, 2.75) is 58.3 Å². The molecule has 0 aromatic heterocycles. The van der Waals surface area contributed by atoms with Crippen LogP contribution in [0.3, 0.4) is 0 Å². The number of halogens is 2. The minimum atomic E-state index is -1.11. The third-order valence-corrected chi connectivity index (χ3v) is 3.62. The molecule has 1 aromatic carbocycles. The van der Waals surface area contributed by atoms with E-state index in [0.29, 0.717) is 12.0 Å². The first-order valence-electron chi connectivity index (χ1n) is 7.67. The molecule has 4 heteroatoms. The molecule has 118 valence electrons. The predicted octanol–water partition coefficient (Wildman–Crippen LogP) is 5.04. The summed E-state index contributed by atoms with van der Waals surface area (Å²) in [6.45, 7) is 2.18. The van der Waals surface area contributed by atoms with Gasteiger partial charge in [0, 0.05) is 0 Å². The van der Waals surface area contributed by atoms with Gasteiger partial charge < -0.3 is 4.74 Å². The molecule has 2 nitrogen and oxygen atoms in total. The summed E-state index contributed by atoms with van der Waals surface area (Å²) >= 11 is 0. The zero-order chi connectivity index (χ0) is 15.7. The highest BCUT2D eigenvalue weighted by Gasteiger charge is 2.18. The van der Waals surface area contributed by atoms with Crippen LogP contribution in [0.25, 0.3) is 0 Å². The molecular weight excluding hydrogens is 274 g/mol. The second-order valence-corrected chi connectivity index (χ2v) is 5.26. The van der Waals surface area contributed by atoms with E-state index in [2.05, 4.69) is 11.7 Å². The molecule has 0 spiro atoms. The molecular formula is C17H24F2O2. The smallest absolute Gasteiger partial charge is 0.340 e. The van der Waals surface area contributed by atoms with Crippen LogP contribution in [0.2, 0.25) is 0 Å². The lowest BCUT2D eigenvalue weighted by atomic mass is 10.0. The molecule has 0 heterocycles. The number of esters is 1. The number of carbonyl (C=O) groups is 1. The molecule has 0 radical (unpaired) electrons. The lowest BCUT2D eigenvalue weighted by Crippen LogP contribution is -2.08. The van der Waals surface area contributed by atoms with Gasteiger partial charge in [0.05, 0.1) is 12.7 Å². The summed E-state index contributed by atoms with van der Waals surface area (Å²) in [5, 5.41) is 0. The first-order valence-corrected chi connectivity index (χ1v) is 7.67. The predicted molar refractivity (Wildman–Crippen MR) is 79.4 cm³/mol. The molecule has 0 bridgehead atoms. The van der Waals surface area contributed by atoms with Crippen LogP contribution in [0.5, 0.6) is 0 Å². The molecule has 0 fully saturated rings. The molecule has 0 aliphatic carbocycles. The summed E-state index contributed by atoms with van der Waals surface area (Å²) in [5.74, 6) is -2.89. The van der Waals surface area contributed by atoms with Gasteiger partial charge in [0.2, 0.25) is 0 Å². The van der Waals surface area contributed by atoms with Crippen LogP contribution in [-0.2, 0) is 11.2 Å².